The SMILES string of the molecule is NC1CN(CC(O)C2CCC2)C1=O. The second kappa shape index (κ2) is 3.27. The third-order valence-electron chi connectivity index (χ3n) is 3.15. The molecule has 74 valence electrons. The molecule has 0 aromatic carbocycles. The topological polar surface area (TPSA) is 66.6 Å². The van der Waals surface area contributed by atoms with E-state index in [4.69, 9.17) is 5.73 Å². The second-order valence-corrected chi connectivity index (χ2v) is 4.11. The Labute approximate surface area is 77.7 Å². The van der Waals surface area contributed by atoms with Crippen molar-refractivity contribution in [2.45, 2.75) is 31.4 Å². The number of rotatable bonds is 3. The number of carbonyl (C=O) groups excluding carboxylic acids is 1. The molecular formula is C9H16N2O2. The van der Waals surface area contributed by atoms with Crippen molar-refractivity contribution in [1.82, 2.24) is 4.90 Å². The minimum atomic E-state index is -0.329. The van der Waals surface area contributed by atoms with Gasteiger partial charge in [-0.3, -0.25) is 4.79 Å². The van der Waals surface area contributed by atoms with Crippen molar-refractivity contribution in [3.05, 3.63) is 0 Å². The van der Waals surface area contributed by atoms with Crippen molar-refractivity contribution in [2.24, 2.45) is 11.7 Å². The predicted octanol–water partition coefficient (Wildman–Crippen LogP) is -0.683. The fourth-order valence-corrected chi connectivity index (χ4v) is 1.89. The van der Waals surface area contributed by atoms with Crippen LogP contribution in [0.3, 0.4) is 0 Å². The largest absolute Gasteiger partial charge is 0.391 e. The number of aliphatic hydroxyl groups excluding tert-OH is 1. The lowest BCUT2D eigenvalue weighted by Gasteiger charge is -2.40. The first-order chi connectivity index (χ1) is 6.18. The molecule has 2 unspecified atom stereocenters. The van der Waals surface area contributed by atoms with Gasteiger partial charge in [0, 0.05) is 13.1 Å². The highest BCUT2D eigenvalue weighted by Gasteiger charge is 2.36. The van der Waals surface area contributed by atoms with E-state index in [2.05, 4.69) is 0 Å². The maximum Gasteiger partial charge on any atom is 0.241 e. The van der Waals surface area contributed by atoms with Gasteiger partial charge in [-0.25, -0.2) is 0 Å². The second-order valence-electron chi connectivity index (χ2n) is 4.11. The Kier molecular flexibility index (Phi) is 2.26. The zero-order chi connectivity index (χ0) is 9.42. The van der Waals surface area contributed by atoms with Crippen LogP contribution in [-0.2, 0) is 4.79 Å². The average molecular weight is 184 g/mol. The van der Waals surface area contributed by atoms with Gasteiger partial charge in [-0.05, 0) is 18.8 Å². The molecule has 13 heavy (non-hydrogen) atoms. The van der Waals surface area contributed by atoms with Crippen molar-refractivity contribution in [2.75, 3.05) is 13.1 Å². The van der Waals surface area contributed by atoms with E-state index in [0.29, 0.717) is 19.0 Å². The standard InChI is InChI=1S/C9H16N2O2/c10-7-4-11(9(7)13)5-8(12)6-2-1-3-6/h6-8,12H,1-5,10H2. The smallest absolute Gasteiger partial charge is 0.241 e. The molecule has 1 heterocycles. The van der Waals surface area contributed by atoms with E-state index < -0.39 is 0 Å². The molecule has 0 aromatic heterocycles. The molecule has 1 amide bonds. The minimum Gasteiger partial charge on any atom is -0.391 e. The summed E-state index contributed by atoms with van der Waals surface area (Å²) in [4.78, 5) is 12.8. The highest BCUT2D eigenvalue weighted by Crippen LogP contribution is 2.30. The number of aliphatic hydroxyl groups is 1. The Balaban J connectivity index is 1.75. The zero-order valence-corrected chi connectivity index (χ0v) is 7.65. The summed E-state index contributed by atoms with van der Waals surface area (Å²) in [6.07, 6.45) is 3.10. The van der Waals surface area contributed by atoms with Crippen molar-refractivity contribution in [3.8, 4) is 0 Å². The lowest BCUT2D eigenvalue weighted by atomic mass is 9.80. The molecule has 1 saturated heterocycles. The van der Waals surface area contributed by atoms with Crippen LogP contribution >= 0.6 is 0 Å². The number of β-lactam (4-membered cyclic amide) rings is 1. The fourth-order valence-electron chi connectivity index (χ4n) is 1.89. The molecule has 1 saturated carbocycles. The molecule has 2 rings (SSSR count). The van der Waals surface area contributed by atoms with E-state index in [9.17, 15) is 9.90 Å². The van der Waals surface area contributed by atoms with Crippen molar-refractivity contribution in [1.29, 1.82) is 0 Å². The molecule has 0 spiro atoms. The van der Waals surface area contributed by atoms with E-state index >= 15 is 0 Å². The Hall–Kier alpha value is -0.610. The monoisotopic (exact) mass is 184 g/mol. The first-order valence-electron chi connectivity index (χ1n) is 4.91. The summed E-state index contributed by atoms with van der Waals surface area (Å²) < 4.78 is 0. The van der Waals surface area contributed by atoms with Gasteiger partial charge in [0.2, 0.25) is 5.91 Å². The lowest BCUT2D eigenvalue weighted by molar-refractivity contribution is -0.145. The Morgan fingerprint density at radius 1 is 1.62 bits per heavy atom. The van der Waals surface area contributed by atoms with Crippen molar-refractivity contribution in [3.63, 3.8) is 0 Å². The Bertz CT molecular complexity index is 216. The van der Waals surface area contributed by atoms with E-state index in [0.717, 1.165) is 12.8 Å². The van der Waals surface area contributed by atoms with Crippen LogP contribution < -0.4 is 5.73 Å². The van der Waals surface area contributed by atoms with Crippen LogP contribution in [0.1, 0.15) is 19.3 Å². The van der Waals surface area contributed by atoms with Crippen LogP contribution in [0.15, 0.2) is 0 Å². The number of nitrogens with zero attached hydrogens (tertiary/aromatic N) is 1. The highest BCUT2D eigenvalue weighted by molar-refractivity contribution is 5.87. The average Bonchev–Trinajstić information content (AvgIpc) is 2.00. The van der Waals surface area contributed by atoms with E-state index in [1.165, 1.54) is 6.42 Å². The summed E-state index contributed by atoms with van der Waals surface area (Å²) in [6.45, 7) is 1.10. The predicted molar refractivity (Wildman–Crippen MR) is 47.9 cm³/mol. The number of nitrogens with two attached hydrogens (primary N) is 1. The van der Waals surface area contributed by atoms with Crippen LogP contribution in [-0.4, -0.2) is 41.1 Å². The van der Waals surface area contributed by atoms with Crippen molar-refractivity contribution >= 4 is 5.91 Å². The van der Waals surface area contributed by atoms with Gasteiger partial charge in [-0.2, -0.15) is 0 Å². The van der Waals surface area contributed by atoms with Crippen LogP contribution in [0.5, 0.6) is 0 Å². The highest BCUT2D eigenvalue weighted by atomic mass is 16.3. The third kappa shape index (κ3) is 1.56. The van der Waals surface area contributed by atoms with Gasteiger partial charge in [0.05, 0.1) is 6.10 Å². The number of β-amino-alcohol motifs (C(OH)–C–C–N with tert-alkyl or cyclic N) is 1. The number of likely N-dealkylation sites (tertiary alicyclic amines) is 1. The van der Waals surface area contributed by atoms with E-state index in [1.54, 1.807) is 4.90 Å². The van der Waals surface area contributed by atoms with Gasteiger partial charge >= 0.3 is 0 Å². The Morgan fingerprint density at radius 2 is 2.31 bits per heavy atom. The van der Waals surface area contributed by atoms with Crippen LogP contribution in [0.2, 0.25) is 0 Å². The Morgan fingerprint density at radius 3 is 2.69 bits per heavy atom. The summed E-state index contributed by atoms with van der Waals surface area (Å²) in [5.74, 6) is 0.406. The molecule has 4 heteroatoms. The molecule has 2 atom stereocenters. The summed E-state index contributed by atoms with van der Waals surface area (Å²) in [7, 11) is 0. The molecule has 2 fully saturated rings. The first-order valence-corrected chi connectivity index (χ1v) is 4.91. The van der Waals surface area contributed by atoms with Gasteiger partial charge < -0.3 is 15.7 Å². The molecular weight excluding hydrogens is 168 g/mol. The van der Waals surface area contributed by atoms with E-state index in [1.807, 2.05) is 0 Å². The molecule has 1 aliphatic heterocycles. The maximum atomic E-state index is 11.1. The summed E-state index contributed by atoms with van der Waals surface area (Å²) in [5.41, 5.74) is 5.44. The van der Waals surface area contributed by atoms with Crippen LogP contribution in [0.4, 0.5) is 0 Å². The molecule has 0 radical (unpaired) electrons. The zero-order valence-electron chi connectivity index (χ0n) is 7.65. The molecule has 0 aromatic rings. The van der Waals surface area contributed by atoms with Crippen LogP contribution in [0, 0.1) is 5.92 Å². The molecule has 3 N–H and O–H groups in total. The van der Waals surface area contributed by atoms with Gasteiger partial charge in [-0.15, -0.1) is 0 Å². The number of carbonyl (C=O) groups is 1. The summed E-state index contributed by atoms with van der Waals surface area (Å²) >= 11 is 0. The summed E-state index contributed by atoms with van der Waals surface area (Å²) in [6, 6.07) is -0.311. The normalized spacial score (nSPS) is 31.1. The first kappa shape index (κ1) is 8.97. The molecule has 4 nitrogen and oxygen atoms in total. The number of hydrogen-bond acceptors (Lipinski definition) is 3. The van der Waals surface area contributed by atoms with Gasteiger partial charge in [0.1, 0.15) is 6.04 Å². The van der Waals surface area contributed by atoms with E-state index in [-0.39, 0.29) is 18.1 Å². The lowest BCUT2D eigenvalue weighted by Crippen LogP contribution is -2.62. The van der Waals surface area contributed by atoms with Crippen molar-refractivity contribution < 1.29 is 9.90 Å². The maximum absolute atomic E-state index is 11.1. The summed E-state index contributed by atoms with van der Waals surface area (Å²) in [5, 5.41) is 9.67. The molecule has 1 aliphatic carbocycles. The molecule has 2 aliphatic rings. The fraction of sp³-hybridized carbons (Fsp3) is 0.889. The third-order valence-corrected chi connectivity index (χ3v) is 3.15. The van der Waals surface area contributed by atoms with Gasteiger partial charge in [0.15, 0.2) is 0 Å². The number of hydrogen-bond donors (Lipinski definition) is 2. The minimum absolute atomic E-state index is 0.0154. The quantitative estimate of drug-likeness (QED) is 0.571. The number of amides is 1. The van der Waals surface area contributed by atoms with Crippen LogP contribution in [0.25, 0.3) is 0 Å². The van der Waals surface area contributed by atoms with Gasteiger partial charge in [-0.1, -0.05) is 6.42 Å². The molecule has 0 bridgehead atoms. The van der Waals surface area contributed by atoms with Gasteiger partial charge in [0.25, 0.3) is 0 Å².